The number of para-hydroxylation sites is 1. The molecule has 1 aliphatic rings. The number of rotatable bonds is 4. The number of pyridine rings is 1. The minimum atomic E-state index is 0.678. The first-order valence-electron chi connectivity index (χ1n) is 7.26. The Morgan fingerprint density at radius 1 is 1.25 bits per heavy atom. The maximum absolute atomic E-state index is 5.52. The number of aromatic nitrogens is 1. The van der Waals surface area contributed by atoms with E-state index in [4.69, 9.17) is 4.74 Å². The summed E-state index contributed by atoms with van der Waals surface area (Å²) in [6.45, 7) is 4.67. The van der Waals surface area contributed by atoms with Crippen LogP contribution in [0.1, 0.15) is 24.5 Å². The van der Waals surface area contributed by atoms with Crippen molar-refractivity contribution in [2.75, 3.05) is 18.1 Å². The zero-order valence-corrected chi connectivity index (χ0v) is 11.9. The van der Waals surface area contributed by atoms with E-state index in [0.29, 0.717) is 6.61 Å². The molecule has 1 aromatic carbocycles. The number of nitrogens with zero attached hydrogens (tertiary/aromatic N) is 2. The minimum Gasteiger partial charge on any atom is -0.492 e. The highest BCUT2D eigenvalue weighted by Crippen LogP contribution is 2.28. The third-order valence-electron chi connectivity index (χ3n) is 3.66. The van der Waals surface area contributed by atoms with Crippen molar-refractivity contribution in [3.8, 4) is 5.75 Å². The molecular formula is C17H20N2O. The van der Waals surface area contributed by atoms with Crippen molar-refractivity contribution in [2.24, 2.45) is 0 Å². The van der Waals surface area contributed by atoms with Crippen molar-refractivity contribution in [2.45, 2.75) is 26.3 Å². The summed E-state index contributed by atoms with van der Waals surface area (Å²) in [4.78, 5) is 6.71. The largest absolute Gasteiger partial charge is 0.492 e. The van der Waals surface area contributed by atoms with Crippen LogP contribution in [0.3, 0.4) is 0 Å². The van der Waals surface area contributed by atoms with Crippen LogP contribution < -0.4 is 9.64 Å². The van der Waals surface area contributed by atoms with Gasteiger partial charge in [0, 0.05) is 25.0 Å². The Morgan fingerprint density at radius 2 is 2.15 bits per heavy atom. The molecule has 0 radical (unpaired) electrons. The molecule has 0 fully saturated rings. The maximum atomic E-state index is 5.52. The molecule has 1 aromatic heterocycles. The number of benzene rings is 1. The Kier molecular flexibility index (Phi) is 3.86. The van der Waals surface area contributed by atoms with Crippen LogP contribution in [0, 0.1) is 0 Å². The smallest absolute Gasteiger partial charge is 0.137 e. The Hall–Kier alpha value is -2.03. The van der Waals surface area contributed by atoms with Crippen LogP contribution in [0.25, 0.3) is 0 Å². The molecule has 0 saturated carbocycles. The first-order valence-corrected chi connectivity index (χ1v) is 7.26. The lowest BCUT2D eigenvalue weighted by Gasteiger charge is -2.31. The highest BCUT2D eigenvalue weighted by Gasteiger charge is 2.16. The zero-order valence-electron chi connectivity index (χ0n) is 11.9. The molecule has 3 heteroatoms. The van der Waals surface area contributed by atoms with E-state index in [-0.39, 0.29) is 0 Å². The second-order valence-corrected chi connectivity index (χ2v) is 5.12. The molecule has 3 nitrogen and oxygen atoms in total. The fourth-order valence-electron chi connectivity index (χ4n) is 2.79. The molecule has 2 heterocycles. The van der Waals surface area contributed by atoms with E-state index < -0.39 is 0 Å². The molecule has 20 heavy (non-hydrogen) atoms. The Balaban J connectivity index is 1.80. The Morgan fingerprint density at radius 3 is 3.05 bits per heavy atom. The van der Waals surface area contributed by atoms with Crippen molar-refractivity contribution in [3.63, 3.8) is 0 Å². The van der Waals surface area contributed by atoms with Gasteiger partial charge in [0.25, 0.3) is 0 Å². The number of ether oxygens (including phenoxy) is 1. The van der Waals surface area contributed by atoms with Crippen LogP contribution in [-0.2, 0) is 13.0 Å². The third-order valence-corrected chi connectivity index (χ3v) is 3.66. The summed E-state index contributed by atoms with van der Waals surface area (Å²) < 4.78 is 5.52. The predicted molar refractivity (Wildman–Crippen MR) is 81.2 cm³/mol. The van der Waals surface area contributed by atoms with E-state index in [0.717, 1.165) is 18.8 Å². The number of aryl methyl sites for hydroxylation is 1. The van der Waals surface area contributed by atoms with Gasteiger partial charge in [-0.2, -0.15) is 0 Å². The summed E-state index contributed by atoms with van der Waals surface area (Å²) in [5.41, 5.74) is 4.01. The summed E-state index contributed by atoms with van der Waals surface area (Å²) in [5.74, 6) is 0.857. The molecule has 3 rings (SSSR count). The van der Waals surface area contributed by atoms with Gasteiger partial charge in [-0.05, 0) is 43.0 Å². The van der Waals surface area contributed by atoms with Gasteiger partial charge in [-0.25, -0.2) is 0 Å². The zero-order chi connectivity index (χ0) is 13.8. The van der Waals surface area contributed by atoms with Crippen molar-refractivity contribution >= 4 is 5.69 Å². The topological polar surface area (TPSA) is 25.4 Å². The van der Waals surface area contributed by atoms with Gasteiger partial charge in [0.1, 0.15) is 5.75 Å². The van der Waals surface area contributed by atoms with E-state index >= 15 is 0 Å². The van der Waals surface area contributed by atoms with Crippen LogP contribution in [0.2, 0.25) is 0 Å². The van der Waals surface area contributed by atoms with E-state index in [1.54, 1.807) is 6.20 Å². The van der Waals surface area contributed by atoms with Gasteiger partial charge in [-0.15, -0.1) is 0 Å². The summed E-state index contributed by atoms with van der Waals surface area (Å²) >= 11 is 0. The van der Waals surface area contributed by atoms with E-state index in [1.165, 1.54) is 29.7 Å². The Labute approximate surface area is 120 Å². The molecule has 104 valence electrons. The van der Waals surface area contributed by atoms with E-state index in [1.807, 2.05) is 13.1 Å². The second kappa shape index (κ2) is 5.95. The number of fused-ring (bicyclic) bond motifs is 1. The van der Waals surface area contributed by atoms with Gasteiger partial charge in [-0.1, -0.05) is 18.2 Å². The molecule has 1 aliphatic heterocycles. The van der Waals surface area contributed by atoms with E-state index in [9.17, 15) is 0 Å². The molecule has 0 spiro atoms. The SMILES string of the molecule is CCOc1cncc(CN2CCCc3ccccc32)c1. The summed E-state index contributed by atoms with van der Waals surface area (Å²) in [7, 11) is 0. The quantitative estimate of drug-likeness (QED) is 0.849. The fourth-order valence-corrected chi connectivity index (χ4v) is 2.79. The van der Waals surface area contributed by atoms with E-state index in [2.05, 4.69) is 40.2 Å². The molecule has 0 aliphatic carbocycles. The minimum absolute atomic E-state index is 0.678. The second-order valence-electron chi connectivity index (χ2n) is 5.12. The molecule has 2 aromatic rings. The number of anilines is 1. The van der Waals surface area contributed by atoms with Crippen LogP contribution in [-0.4, -0.2) is 18.1 Å². The normalized spacial score (nSPS) is 13.9. The molecule has 0 unspecified atom stereocenters. The molecule has 0 saturated heterocycles. The standard InChI is InChI=1S/C17H20N2O/c1-2-20-16-10-14(11-18-12-16)13-19-9-5-7-15-6-3-4-8-17(15)19/h3-4,6,8,10-12H,2,5,7,9,13H2,1H3. The molecule has 0 bridgehead atoms. The van der Waals surface area contributed by atoms with Crippen molar-refractivity contribution in [3.05, 3.63) is 53.9 Å². The highest BCUT2D eigenvalue weighted by atomic mass is 16.5. The van der Waals surface area contributed by atoms with Crippen molar-refractivity contribution in [1.82, 2.24) is 4.98 Å². The van der Waals surface area contributed by atoms with Gasteiger partial charge in [-0.3, -0.25) is 4.98 Å². The number of hydrogen-bond donors (Lipinski definition) is 0. The Bertz CT molecular complexity index is 583. The van der Waals surface area contributed by atoms with Crippen LogP contribution in [0.4, 0.5) is 5.69 Å². The lowest BCUT2D eigenvalue weighted by atomic mass is 10.0. The van der Waals surface area contributed by atoms with Crippen molar-refractivity contribution in [1.29, 1.82) is 0 Å². The van der Waals surface area contributed by atoms with Gasteiger partial charge in [0.15, 0.2) is 0 Å². The average molecular weight is 268 g/mol. The number of hydrogen-bond acceptors (Lipinski definition) is 3. The monoisotopic (exact) mass is 268 g/mol. The molecular weight excluding hydrogens is 248 g/mol. The summed E-state index contributed by atoms with van der Waals surface area (Å²) in [5, 5.41) is 0. The van der Waals surface area contributed by atoms with Crippen LogP contribution >= 0.6 is 0 Å². The maximum Gasteiger partial charge on any atom is 0.137 e. The van der Waals surface area contributed by atoms with Crippen molar-refractivity contribution < 1.29 is 4.74 Å². The van der Waals surface area contributed by atoms with Gasteiger partial charge >= 0.3 is 0 Å². The molecule has 0 atom stereocenters. The first-order chi connectivity index (χ1) is 9.86. The highest BCUT2D eigenvalue weighted by molar-refractivity contribution is 5.55. The molecule has 0 N–H and O–H groups in total. The van der Waals surface area contributed by atoms with Crippen LogP contribution in [0.5, 0.6) is 5.75 Å². The first kappa shape index (κ1) is 13.0. The van der Waals surface area contributed by atoms with Crippen LogP contribution in [0.15, 0.2) is 42.7 Å². The van der Waals surface area contributed by atoms with Gasteiger partial charge < -0.3 is 9.64 Å². The predicted octanol–water partition coefficient (Wildman–Crippen LogP) is 3.43. The summed E-state index contributed by atoms with van der Waals surface area (Å²) in [6.07, 6.45) is 6.11. The lowest BCUT2D eigenvalue weighted by Crippen LogP contribution is -2.28. The summed E-state index contributed by atoms with van der Waals surface area (Å²) in [6, 6.07) is 10.8. The molecule has 0 amide bonds. The lowest BCUT2D eigenvalue weighted by molar-refractivity contribution is 0.338. The van der Waals surface area contributed by atoms with Gasteiger partial charge in [0.05, 0.1) is 12.8 Å². The average Bonchev–Trinajstić information content (AvgIpc) is 2.48. The van der Waals surface area contributed by atoms with Gasteiger partial charge in [0.2, 0.25) is 0 Å². The fraction of sp³-hybridized carbons (Fsp3) is 0.353. The third kappa shape index (κ3) is 2.77.